The molecule has 0 unspecified atom stereocenters. The van der Waals surface area contributed by atoms with Crippen LogP contribution in [0.2, 0.25) is 0 Å². The van der Waals surface area contributed by atoms with Gasteiger partial charge < -0.3 is 30.0 Å². The van der Waals surface area contributed by atoms with Crippen LogP contribution in [0.3, 0.4) is 0 Å². The van der Waals surface area contributed by atoms with Gasteiger partial charge in [-0.05, 0) is 34.8 Å². The fraction of sp³-hybridized carbons (Fsp3) is 0.227. The van der Waals surface area contributed by atoms with Crippen molar-refractivity contribution in [2.75, 3.05) is 19.7 Å². The predicted octanol–water partition coefficient (Wildman–Crippen LogP) is 1.61. The summed E-state index contributed by atoms with van der Waals surface area (Å²) in [6.45, 7) is 1.79. The van der Waals surface area contributed by atoms with E-state index in [0.29, 0.717) is 11.4 Å². The van der Waals surface area contributed by atoms with Gasteiger partial charge in [-0.15, -0.1) is 0 Å². The second kappa shape index (κ2) is 10.4. The van der Waals surface area contributed by atoms with Crippen LogP contribution in [-0.4, -0.2) is 56.4 Å². The van der Waals surface area contributed by atoms with Gasteiger partial charge in [0.25, 0.3) is 5.91 Å². The first kappa shape index (κ1) is 23.4. The molecule has 2 amide bonds. The number of carbonyl (C=O) groups is 2. The molecule has 4 aromatic rings. The topological polar surface area (TPSA) is 167 Å². The van der Waals surface area contributed by atoms with Gasteiger partial charge in [-0.3, -0.25) is 9.59 Å². The fourth-order valence-corrected chi connectivity index (χ4v) is 3.20. The highest BCUT2D eigenvalue weighted by Crippen LogP contribution is 2.20. The van der Waals surface area contributed by atoms with E-state index in [1.165, 1.54) is 10.7 Å². The van der Waals surface area contributed by atoms with Crippen LogP contribution in [0, 0.1) is 17.0 Å². The van der Waals surface area contributed by atoms with Gasteiger partial charge in [0.15, 0.2) is 12.4 Å². The van der Waals surface area contributed by atoms with Gasteiger partial charge in [0.05, 0.1) is 16.9 Å². The van der Waals surface area contributed by atoms with E-state index in [9.17, 15) is 19.7 Å². The molecule has 0 radical (unpaired) electrons. The van der Waals surface area contributed by atoms with Crippen molar-refractivity contribution in [1.29, 1.82) is 0 Å². The second-order valence-electron chi connectivity index (χ2n) is 7.48. The summed E-state index contributed by atoms with van der Waals surface area (Å²) in [5.41, 5.74) is 0.535. The number of hydrogen-bond donors (Lipinski definition) is 2. The number of nitro groups is 1. The number of aryl methyl sites for hydroxylation is 1. The summed E-state index contributed by atoms with van der Waals surface area (Å²) < 4.78 is 11.8. The molecule has 13 heteroatoms. The lowest BCUT2D eigenvalue weighted by Crippen LogP contribution is -2.36. The van der Waals surface area contributed by atoms with Crippen LogP contribution in [-0.2, 0) is 11.3 Å². The monoisotopic (exact) mass is 479 g/mol. The Bertz CT molecular complexity index is 1380. The Kier molecular flexibility index (Phi) is 6.95. The van der Waals surface area contributed by atoms with E-state index in [4.69, 9.17) is 9.26 Å². The zero-order chi connectivity index (χ0) is 24.8. The standard InChI is InChI=1S/C22H21N7O6/c1-14-10-19(29(32)33)26-28(14)12-18-25-22(35-27-18)21(31)24-9-8-23-20(30)13-34-17-7-6-15-4-2-3-5-16(15)11-17/h2-7,10-11H,8-9,12-13H2,1H3,(H,23,30)(H,24,31). The maximum absolute atomic E-state index is 12.2. The Morgan fingerprint density at radius 2 is 1.89 bits per heavy atom. The number of nitrogens with zero attached hydrogens (tertiary/aromatic N) is 5. The van der Waals surface area contributed by atoms with E-state index in [1.54, 1.807) is 13.0 Å². The van der Waals surface area contributed by atoms with E-state index in [2.05, 4.69) is 25.9 Å². The molecule has 0 saturated carbocycles. The maximum atomic E-state index is 12.2. The first-order chi connectivity index (χ1) is 16.9. The van der Waals surface area contributed by atoms with Crippen molar-refractivity contribution in [3.63, 3.8) is 0 Å². The third-order valence-electron chi connectivity index (χ3n) is 4.93. The SMILES string of the molecule is Cc1cc([N+](=O)[O-])nn1Cc1noc(C(=O)NCCNC(=O)COc2ccc3ccccc3c2)n1. The van der Waals surface area contributed by atoms with Crippen molar-refractivity contribution < 1.29 is 23.8 Å². The molecule has 4 rings (SSSR count). The second-order valence-corrected chi connectivity index (χ2v) is 7.48. The molecule has 0 saturated heterocycles. The molecule has 35 heavy (non-hydrogen) atoms. The Morgan fingerprint density at radius 1 is 1.11 bits per heavy atom. The lowest BCUT2D eigenvalue weighted by atomic mass is 10.1. The molecule has 13 nitrogen and oxygen atoms in total. The average molecular weight is 479 g/mol. The largest absolute Gasteiger partial charge is 0.484 e. The van der Waals surface area contributed by atoms with Gasteiger partial charge in [-0.2, -0.15) is 9.67 Å². The molecule has 2 aromatic carbocycles. The minimum absolute atomic E-state index is 0.00369. The summed E-state index contributed by atoms with van der Waals surface area (Å²) in [4.78, 5) is 38.4. The van der Waals surface area contributed by atoms with Crippen LogP contribution in [0.5, 0.6) is 5.75 Å². The number of rotatable bonds is 10. The van der Waals surface area contributed by atoms with Gasteiger partial charge >= 0.3 is 17.6 Å². The number of fused-ring (bicyclic) bond motifs is 1. The highest BCUT2D eigenvalue weighted by Gasteiger charge is 2.19. The molecule has 0 atom stereocenters. The third-order valence-corrected chi connectivity index (χ3v) is 4.93. The van der Waals surface area contributed by atoms with E-state index in [-0.39, 0.29) is 49.7 Å². The molecule has 2 N–H and O–H groups in total. The van der Waals surface area contributed by atoms with Crippen molar-refractivity contribution in [3.05, 3.63) is 76.1 Å². The van der Waals surface area contributed by atoms with Gasteiger partial charge in [0, 0.05) is 13.1 Å². The Hall–Kier alpha value is -4.81. The highest BCUT2D eigenvalue weighted by molar-refractivity contribution is 5.89. The van der Waals surface area contributed by atoms with Crippen molar-refractivity contribution in [3.8, 4) is 5.75 Å². The van der Waals surface area contributed by atoms with Crippen molar-refractivity contribution in [1.82, 2.24) is 30.6 Å². The first-order valence-electron chi connectivity index (χ1n) is 10.6. The van der Waals surface area contributed by atoms with Crippen LogP contribution < -0.4 is 15.4 Å². The van der Waals surface area contributed by atoms with E-state index in [1.807, 2.05) is 36.4 Å². The quantitative estimate of drug-likeness (QED) is 0.195. The molecule has 0 fully saturated rings. The molecule has 0 aliphatic carbocycles. The molecule has 0 spiro atoms. The molecular weight excluding hydrogens is 458 g/mol. The Morgan fingerprint density at radius 3 is 2.66 bits per heavy atom. The molecule has 0 aliphatic heterocycles. The minimum atomic E-state index is -0.617. The maximum Gasteiger partial charge on any atom is 0.390 e. The van der Waals surface area contributed by atoms with Gasteiger partial charge in [0.2, 0.25) is 0 Å². The minimum Gasteiger partial charge on any atom is -0.484 e. The number of hydrogen-bond acceptors (Lipinski definition) is 9. The number of benzene rings is 2. The third kappa shape index (κ3) is 5.96. The van der Waals surface area contributed by atoms with Crippen LogP contribution in [0.4, 0.5) is 5.82 Å². The zero-order valence-electron chi connectivity index (χ0n) is 18.6. The van der Waals surface area contributed by atoms with Crippen molar-refractivity contribution >= 4 is 28.4 Å². The molecular formula is C22H21N7O6. The van der Waals surface area contributed by atoms with Gasteiger partial charge in [0.1, 0.15) is 12.3 Å². The molecule has 0 aliphatic rings. The smallest absolute Gasteiger partial charge is 0.390 e. The highest BCUT2D eigenvalue weighted by atomic mass is 16.6. The van der Waals surface area contributed by atoms with Crippen LogP contribution >= 0.6 is 0 Å². The summed E-state index contributed by atoms with van der Waals surface area (Å²) in [6.07, 6.45) is 0. The van der Waals surface area contributed by atoms with Gasteiger partial charge in [-0.1, -0.05) is 35.5 Å². The average Bonchev–Trinajstić information content (AvgIpc) is 3.47. The lowest BCUT2D eigenvalue weighted by molar-refractivity contribution is -0.389. The Labute approximate surface area is 198 Å². The molecule has 0 bridgehead atoms. The number of ether oxygens (including phenoxy) is 1. The Balaban J connectivity index is 1.18. The molecule has 2 aromatic heterocycles. The number of carbonyl (C=O) groups excluding carboxylic acids is 2. The van der Waals surface area contributed by atoms with Crippen molar-refractivity contribution in [2.45, 2.75) is 13.5 Å². The first-order valence-corrected chi connectivity index (χ1v) is 10.6. The lowest BCUT2D eigenvalue weighted by Gasteiger charge is -2.08. The van der Waals surface area contributed by atoms with E-state index in [0.717, 1.165) is 10.8 Å². The molecule has 2 heterocycles. The predicted molar refractivity (Wildman–Crippen MR) is 122 cm³/mol. The van der Waals surface area contributed by atoms with E-state index >= 15 is 0 Å². The van der Waals surface area contributed by atoms with Gasteiger partial charge in [-0.25, -0.2) is 0 Å². The number of nitrogens with one attached hydrogen (secondary N) is 2. The van der Waals surface area contributed by atoms with Crippen LogP contribution in [0.1, 0.15) is 22.2 Å². The van der Waals surface area contributed by atoms with Crippen LogP contribution in [0.25, 0.3) is 10.8 Å². The van der Waals surface area contributed by atoms with Crippen LogP contribution in [0.15, 0.2) is 53.1 Å². The number of aromatic nitrogens is 4. The van der Waals surface area contributed by atoms with E-state index < -0.39 is 10.8 Å². The summed E-state index contributed by atoms with van der Waals surface area (Å²) in [5, 5.41) is 25.6. The summed E-state index contributed by atoms with van der Waals surface area (Å²) in [6, 6.07) is 14.7. The normalized spacial score (nSPS) is 10.8. The number of amides is 2. The van der Waals surface area contributed by atoms with Crippen molar-refractivity contribution in [2.24, 2.45) is 0 Å². The summed E-state index contributed by atoms with van der Waals surface area (Å²) in [7, 11) is 0. The summed E-state index contributed by atoms with van der Waals surface area (Å²) in [5.74, 6) is -0.807. The fourth-order valence-electron chi connectivity index (χ4n) is 3.20. The summed E-state index contributed by atoms with van der Waals surface area (Å²) >= 11 is 0. The molecule has 180 valence electrons. The zero-order valence-corrected chi connectivity index (χ0v) is 18.6.